The van der Waals surface area contributed by atoms with Gasteiger partial charge < -0.3 is 11.1 Å². The van der Waals surface area contributed by atoms with E-state index in [1.807, 2.05) is 11.3 Å². The van der Waals surface area contributed by atoms with E-state index in [4.69, 9.17) is 5.73 Å². The SMILES string of the molecule is Cc1ccc(C2CC(N)CCN2)s1. The van der Waals surface area contributed by atoms with Crippen molar-refractivity contribution in [2.24, 2.45) is 5.73 Å². The van der Waals surface area contributed by atoms with Gasteiger partial charge in [0.05, 0.1) is 0 Å². The number of nitrogens with one attached hydrogen (secondary N) is 1. The minimum Gasteiger partial charge on any atom is -0.328 e. The summed E-state index contributed by atoms with van der Waals surface area (Å²) in [4.78, 5) is 2.82. The van der Waals surface area contributed by atoms with Gasteiger partial charge in [-0.3, -0.25) is 0 Å². The monoisotopic (exact) mass is 196 g/mol. The van der Waals surface area contributed by atoms with Crippen LogP contribution in [0.25, 0.3) is 0 Å². The fourth-order valence-corrected chi connectivity index (χ4v) is 2.77. The zero-order chi connectivity index (χ0) is 9.26. The molecule has 13 heavy (non-hydrogen) atoms. The summed E-state index contributed by atoms with van der Waals surface area (Å²) >= 11 is 1.88. The molecule has 1 aromatic heterocycles. The first-order chi connectivity index (χ1) is 6.25. The number of hydrogen-bond acceptors (Lipinski definition) is 3. The first-order valence-corrected chi connectivity index (χ1v) is 5.62. The molecule has 1 aromatic rings. The van der Waals surface area contributed by atoms with Crippen LogP contribution in [0.15, 0.2) is 12.1 Å². The molecular formula is C10H16N2S. The highest BCUT2D eigenvalue weighted by Crippen LogP contribution is 2.28. The van der Waals surface area contributed by atoms with Crippen LogP contribution in [0.2, 0.25) is 0 Å². The molecule has 1 saturated heterocycles. The van der Waals surface area contributed by atoms with Gasteiger partial charge in [-0.25, -0.2) is 0 Å². The number of rotatable bonds is 1. The third-order valence-corrected chi connectivity index (χ3v) is 3.66. The van der Waals surface area contributed by atoms with Gasteiger partial charge in [-0.2, -0.15) is 0 Å². The van der Waals surface area contributed by atoms with E-state index in [-0.39, 0.29) is 0 Å². The zero-order valence-corrected chi connectivity index (χ0v) is 8.73. The molecule has 0 bridgehead atoms. The smallest absolute Gasteiger partial charge is 0.0429 e. The summed E-state index contributed by atoms with van der Waals surface area (Å²) < 4.78 is 0. The Balaban J connectivity index is 2.08. The summed E-state index contributed by atoms with van der Waals surface area (Å²) in [6, 6.07) is 5.29. The predicted octanol–water partition coefficient (Wildman–Crippen LogP) is 1.81. The number of thiophene rings is 1. The van der Waals surface area contributed by atoms with Crippen LogP contribution in [0.3, 0.4) is 0 Å². The van der Waals surface area contributed by atoms with Crippen molar-refractivity contribution in [1.82, 2.24) is 5.32 Å². The van der Waals surface area contributed by atoms with Crippen molar-refractivity contribution in [3.63, 3.8) is 0 Å². The standard InChI is InChI=1S/C10H16N2S/c1-7-2-3-10(13-7)9-6-8(11)4-5-12-9/h2-3,8-9,12H,4-6,11H2,1H3. The van der Waals surface area contributed by atoms with Crippen molar-refractivity contribution in [2.75, 3.05) is 6.54 Å². The molecule has 1 aliphatic rings. The number of nitrogens with two attached hydrogens (primary N) is 1. The van der Waals surface area contributed by atoms with Gasteiger partial charge in [-0.15, -0.1) is 11.3 Å². The summed E-state index contributed by atoms with van der Waals surface area (Å²) in [5.41, 5.74) is 5.93. The Hall–Kier alpha value is -0.380. The predicted molar refractivity (Wildman–Crippen MR) is 57.0 cm³/mol. The van der Waals surface area contributed by atoms with Crippen molar-refractivity contribution < 1.29 is 0 Å². The number of piperidine rings is 1. The van der Waals surface area contributed by atoms with E-state index in [1.165, 1.54) is 9.75 Å². The van der Waals surface area contributed by atoms with Crippen molar-refractivity contribution in [1.29, 1.82) is 0 Å². The lowest BCUT2D eigenvalue weighted by Gasteiger charge is -2.27. The lowest BCUT2D eigenvalue weighted by Crippen LogP contribution is -2.38. The van der Waals surface area contributed by atoms with Crippen LogP contribution < -0.4 is 11.1 Å². The average Bonchev–Trinajstić information content (AvgIpc) is 2.52. The van der Waals surface area contributed by atoms with Gasteiger partial charge >= 0.3 is 0 Å². The molecule has 0 radical (unpaired) electrons. The first kappa shape index (κ1) is 9.19. The van der Waals surface area contributed by atoms with Gasteiger partial charge in [0.15, 0.2) is 0 Å². The third kappa shape index (κ3) is 2.10. The summed E-state index contributed by atoms with van der Waals surface area (Å²) in [5, 5.41) is 3.51. The molecule has 0 amide bonds. The first-order valence-electron chi connectivity index (χ1n) is 4.81. The van der Waals surface area contributed by atoms with E-state index in [2.05, 4.69) is 24.4 Å². The second kappa shape index (κ2) is 3.78. The summed E-state index contributed by atoms with van der Waals surface area (Å²) in [6.07, 6.45) is 2.20. The van der Waals surface area contributed by atoms with Crippen LogP contribution in [0, 0.1) is 6.92 Å². The minimum absolute atomic E-state index is 0.383. The van der Waals surface area contributed by atoms with E-state index in [9.17, 15) is 0 Å². The minimum atomic E-state index is 0.383. The topological polar surface area (TPSA) is 38.0 Å². The molecule has 2 nitrogen and oxygen atoms in total. The Morgan fingerprint density at radius 3 is 3.00 bits per heavy atom. The fourth-order valence-electron chi connectivity index (χ4n) is 1.80. The molecule has 0 saturated carbocycles. The highest BCUT2D eigenvalue weighted by atomic mass is 32.1. The molecule has 72 valence electrons. The summed E-state index contributed by atoms with van der Waals surface area (Å²) in [5.74, 6) is 0. The maximum Gasteiger partial charge on any atom is 0.0429 e. The van der Waals surface area contributed by atoms with Gasteiger partial charge in [0.2, 0.25) is 0 Å². The van der Waals surface area contributed by atoms with Crippen LogP contribution in [0.4, 0.5) is 0 Å². The van der Waals surface area contributed by atoms with Crippen LogP contribution in [0.5, 0.6) is 0 Å². The summed E-state index contributed by atoms with van der Waals surface area (Å²) in [6.45, 7) is 3.21. The number of aryl methyl sites for hydroxylation is 1. The maximum absolute atomic E-state index is 5.93. The van der Waals surface area contributed by atoms with Crippen molar-refractivity contribution >= 4 is 11.3 Å². The van der Waals surface area contributed by atoms with E-state index in [0.717, 1.165) is 19.4 Å². The lowest BCUT2D eigenvalue weighted by atomic mass is 9.99. The Kier molecular flexibility index (Phi) is 2.67. The fraction of sp³-hybridized carbons (Fsp3) is 0.600. The second-order valence-electron chi connectivity index (χ2n) is 3.74. The van der Waals surface area contributed by atoms with E-state index < -0.39 is 0 Å². The second-order valence-corrected chi connectivity index (χ2v) is 5.06. The van der Waals surface area contributed by atoms with Crippen molar-refractivity contribution in [3.05, 3.63) is 21.9 Å². The molecule has 2 atom stereocenters. The highest BCUT2D eigenvalue weighted by Gasteiger charge is 2.20. The molecular weight excluding hydrogens is 180 g/mol. The largest absolute Gasteiger partial charge is 0.328 e. The molecule has 0 aliphatic carbocycles. The Morgan fingerprint density at radius 2 is 2.38 bits per heavy atom. The molecule has 1 aliphatic heterocycles. The molecule has 3 heteroatoms. The maximum atomic E-state index is 5.93. The van der Waals surface area contributed by atoms with Gasteiger partial charge in [-0.05, 0) is 38.4 Å². The molecule has 2 rings (SSSR count). The average molecular weight is 196 g/mol. The Labute approximate surface area is 83.1 Å². The van der Waals surface area contributed by atoms with Crippen LogP contribution in [-0.2, 0) is 0 Å². The van der Waals surface area contributed by atoms with Gasteiger partial charge in [0.25, 0.3) is 0 Å². The normalized spacial score (nSPS) is 29.1. The summed E-state index contributed by atoms with van der Waals surface area (Å²) in [7, 11) is 0. The van der Waals surface area contributed by atoms with Gasteiger partial charge in [0.1, 0.15) is 0 Å². The van der Waals surface area contributed by atoms with Gasteiger partial charge in [-0.1, -0.05) is 0 Å². The van der Waals surface area contributed by atoms with E-state index in [1.54, 1.807) is 0 Å². The molecule has 2 heterocycles. The Bertz CT molecular complexity index is 282. The lowest BCUT2D eigenvalue weighted by molar-refractivity contribution is 0.373. The molecule has 1 fully saturated rings. The highest BCUT2D eigenvalue weighted by molar-refractivity contribution is 7.12. The van der Waals surface area contributed by atoms with Gasteiger partial charge in [0, 0.05) is 21.8 Å². The third-order valence-electron chi connectivity index (χ3n) is 2.55. The Morgan fingerprint density at radius 1 is 1.54 bits per heavy atom. The molecule has 2 unspecified atom stereocenters. The molecule has 0 spiro atoms. The van der Waals surface area contributed by atoms with E-state index in [0.29, 0.717) is 12.1 Å². The van der Waals surface area contributed by atoms with Crippen LogP contribution >= 0.6 is 11.3 Å². The van der Waals surface area contributed by atoms with Crippen LogP contribution in [0.1, 0.15) is 28.6 Å². The molecule has 0 aromatic carbocycles. The number of hydrogen-bond donors (Lipinski definition) is 2. The zero-order valence-electron chi connectivity index (χ0n) is 7.92. The molecule has 3 N–H and O–H groups in total. The van der Waals surface area contributed by atoms with Crippen molar-refractivity contribution in [2.45, 2.75) is 31.8 Å². The van der Waals surface area contributed by atoms with Crippen LogP contribution in [-0.4, -0.2) is 12.6 Å². The van der Waals surface area contributed by atoms with Crippen molar-refractivity contribution in [3.8, 4) is 0 Å². The van der Waals surface area contributed by atoms with E-state index >= 15 is 0 Å². The quantitative estimate of drug-likeness (QED) is 0.719.